The van der Waals surface area contributed by atoms with Gasteiger partial charge in [-0.05, 0) is 43.5 Å². The first-order valence-electron chi connectivity index (χ1n) is 9.69. The van der Waals surface area contributed by atoms with E-state index in [-0.39, 0.29) is 22.4 Å². The molecule has 28 heavy (non-hydrogen) atoms. The fourth-order valence-corrected chi connectivity index (χ4v) is 3.93. The Kier molecular flexibility index (Phi) is 5.62. The molecule has 0 bridgehead atoms. The lowest BCUT2D eigenvalue weighted by Crippen LogP contribution is -2.36. The molecule has 0 N–H and O–H groups in total. The molecule has 0 atom stereocenters. The summed E-state index contributed by atoms with van der Waals surface area (Å²) in [5, 5.41) is 0.285. The van der Waals surface area contributed by atoms with Gasteiger partial charge >= 0.3 is 0 Å². The average Bonchev–Trinajstić information content (AvgIpc) is 3.13. The van der Waals surface area contributed by atoms with Gasteiger partial charge in [0, 0.05) is 45.0 Å². The summed E-state index contributed by atoms with van der Waals surface area (Å²) >= 11 is 6.26. The van der Waals surface area contributed by atoms with E-state index in [1.807, 2.05) is 0 Å². The fraction of sp³-hybridized carbons (Fsp3) is 0.450. The van der Waals surface area contributed by atoms with Crippen molar-refractivity contribution < 1.29 is 9.18 Å². The van der Waals surface area contributed by atoms with Gasteiger partial charge in [-0.2, -0.15) is 0 Å². The summed E-state index contributed by atoms with van der Waals surface area (Å²) in [5.41, 5.74) is 1.24. The number of anilines is 2. The summed E-state index contributed by atoms with van der Waals surface area (Å²) in [5.74, 6) is 0.171. The third kappa shape index (κ3) is 4.04. The second-order valence-electron chi connectivity index (χ2n) is 7.17. The summed E-state index contributed by atoms with van der Waals surface area (Å²) in [7, 11) is 0. The molecule has 2 saturated heterocycles. The molecular weight excluding hydrogens is 381 g/mol. The van der Waals surface area contributed by atoms with Crippen molar-refractivity contribution in [2.75, 3.05) is 49.1 Å². The molecule has 148 valence electrons. The third-order valence-corrected chi connectivity index (χ3v) is 5.57. The summed E-state index contributed by atoms with van der Waals surface area (Å²) in [6.45, 7) is 4.51. The van der Waals surface area contributed by atoms with E-state index in [1.54, 1.807) is 17.0 Å². The Hall–Kier alpha value is -2.41. The van der Waals surface area contributed by atoms with Crippen LogP contribution in [0.4, 0.5) is 16.0 Å². The van der Waals surface area contributed by atoms with Crippen molar-refractivity contribution >= 4 is 29.1 Å². The van der Waals surface area contributed by atoms with Gasteiger partial charge in [-0.25, -0.2) is 14.4 Å². The molecule has 0 spiro atoms. The van der Waals surface area contributed by atoms with Gasteiger partial charge < -0.3 is 14.7 Å². The maximum absolute atomic E-state index is 13.2. The minimum atomic E-state index is -0.248. The lowest BCUT2D eigenvalue weighted by molar-refractivity contribution is 0.0761. The molecule has 2 aliphatic heterocycles. The first-order chi connectivity index (χ1) is 13.6. The van der Waals surface area contributed by atoms with Crippen LogP contribution in [0.15, 0.2) is 30.5 Å². The molecule has 2 fully saturated rings. The van der Waals surface area contributed by atoms with Crippen molar-refractivity contribution in [3.63, 3.8) is 0 Å². The molecule has 1 amide bonds. The van der Waals surface area contributed by atoms with Crippen LogP contribution in [0.5, 0.6) is 0 Å². The maximum Gasteiger partial charge on any atom is 0.274 e. The Balaban J connectivity index is 1.47. The molecule has 1 aromatic heterocycles. The van der Waals surface area contributed by atoms with Gasteiger partial charge in [-0.15, -0.1) is 0 Å². The Labute approximate surface area is 168 Å². The number of benzene rings is 1. The van der Waals surface area contributed by atoms with Gasteiger partial charge in [0.1, 0.15) is 5.82 Å². The highest BCUT2D eigenvalue weighted by atomic mass is 35.5. The molecule has 0 aliphatic carbocycles. The quantitative estimate of drug-likeness (QED) is 0.787. The average molecular weight is 404 g/mol. The molecular formula is C20H23ClFN5O. The Bertz CT molecular complexity index is 841. The molecule has 2 aliphatic rings. The van der Waals surface area contributed by atoms with Crippen molar-refractivity contribution in [2.45, 2.75) is 19.3 Å². The molecule has 3 heterocycles. The van der Waals surface area contributed by atoms with Gasteiger partial charge in [0.05, 0.1) is 11.2 Å². The van der Waals surface area contributed by atoms with Gasteiger partial charge in [-0.1, -0.05) is 11.6 Å². The van der Waals surface area contributed by atoms with Crippen LogP contribution in [0, 0.1) is 5.82 Å². The summed E-state index contributed by atoms with van der Waals surface area (Å²) in [4.78, 5) is 27.9. The number of rotatable bonds is 3. The highest BCUT2D eigenvalue weighted by Gasteiger charge is 2.25. The number of halogens is 2. The number of carbonyl (C=O) groups is 1. The second kappa shape index (κ2) is 8.31. The van der Waals surface area contributed by atoms with Crippen LogP contribution in [0.1, 0.15) is 29.8 Å². The Morgan fingerprint density at radius 1 is 0.929 bits per heavy atom. The molecule has 8 heteroatoms. The number of aromatic nitrogens is 2. The van der Waals surface area contributed by atoms with Crippen LogP contribution in [0.2, 0.25) is 5.02 Å². The van der Waals surface area contributed by atoms with E-state index in [9.17, 15) is 9.18 Å². The molecule has 4 rings (SSSR count). The van der Waals surface area contributed by atoms with Gasteiger partial charge in [-0.3, -0.25) is 4.79 Å². The lowest BCUT2D eigenvalue weighted by atomic mass is 10.2. The van der Waals surface area contributed by atoms with Crippen LogP contribution in [-0.4, -0.2) is 60.0 Å². The summed E-state index contributed by atoms with van der Waals surface area (Å²) in [6, 6.07) is 6.47. The summed E-state index contributed by atoms with van der Waals surface area (Å²) in [6.07, 6.45) is 4.57. The monoisotopic (exact) mass is 403 g/mol. The van der Waals surface area contributed by atoms with Gasteiger partial charge in [0.25, 0.3) is 5.91 Å². The molecule has 0 radical (unpaired) electrons. The number of nitrogens with zero attached hydrogens (tertiary/aromatic N) is 5. The zero-order chi connectivity index (χ0) is 19.5. The fourth-order valence-electron chi connectivity index (χ4n) is 3.76. The predicted molar refractivity (Wildman–Crippen MR) is 108 cm³/mol. The first kappa shape index (κ1) is 18.9. The molecule has 2 aromatic rings. The zero-order valence-corrected chi connectivity index (χ0v) is 16.4. The van der Waals surface area contributed by atoms with Crippen molar-refractivity contribution in [2.24, 2.45) is 0 Å². The van der Waals surface area contributed by atoms with Crippen LogP contribution in [-0.2, 0) is 0 Å². The van der Waals surface area contributed by atoms with E-state index in [0.29, 0.717) is 25.6 Å². The van der Waals surface area contributed by atoms with Gasteiger partial charge in [0.2, 0.25) is 5.95 Å². The molecule has 6 nitrogen and oxygen atoms in total. The number of hydrogen-bond acceptors (Lipinski definition) is 5. The number of hydrogen-bond donors (Lipinski definition) is 0. The van der Waals surface area contributed by atoms with Gasteiger partial charge in [0.15, 0.2) is 5.69 Å². The smallest absolute Gasteiger partial charge is 0.274 e. The molecule has 1 aromatic carbocycles. The highest BCUT2D eigenvalue weighted by Crippen LogP contribution is 2.22. The van der Waals surface area contributed by atoms with E-state index in [4.69, 9.17) is 11.6 Å². The number of carbonyl (C=O) groups excluding carboxylic acids is 1. The normalized spacial score (nSPS) is 17.7. The number of amides is 1. The van der Waals surface area contributed by atoms with E-state index >= 15 is 0 Å². The van der Waals surface area contributed by atoms with E-state index in [1.165, 1.54) is 18.3 Å². The van der Waals surface area contributed by atoms with Crippen LogP contribution in [0.3, 0.4) is 0 Å². The molecule has 0 saturated carbocycles. The largest absolute Gasteiger partial charge is 0.370 e. The van der Waals surface area contributed by atoms with Crippen molar-refractivity contribution in [3.8, 4) is 0 Å². The lowest BCUT2D eigenvalue weighted by Gasteiger charge is -2.24. The zero-order valence-electron chi connectivity index (χ0n) is 15.7. The topological polar surface area (TPSA) is 52.6 Å². The van der Waals surface area contributed by atoms with Crippen LogP contribution >= 0.6 is 11.6 Å². The standard InChI is InChI=1S/C20H23ClFN5O/c21-17-14-23-20(27-8-1-2-9-27)24-18(17)19(28)26-11-3-10-25(12-13-26)16-6-4-15(22)5-7-16/h4-7,14H,1-3,8-13H2. The van der Waals surface area contributed by atoms with E-state index in [2.05, 4.69) is 19.8 Å². The van der Waals surface area contributed by atoms with Crippen LogP contribution in [0.25, 0.3) is 0 Å². The SMILES string of the molecule is O=C(c1nc(N2CCCC2)ncc1Cl)N1CCCN(c2ccc(F)cc2)CC1. The summed E-state index contributed by atoms with van der Waals surface area (Å²) < 4.78 is 13.2. The predicted octanol–water partition coefficient (Wildman–Crippen LogP) is 3.22. The minimum absolute atomic E-state index is 0.159. The molecule has 0 unspecified atom stereocenters. The van der Waals surface area contributed by atoms with Crippen molar-refractivity contribution in [1.82, 2.24) is 14.9 Å². The highest BCUT2D eigenvalue weighted by molar-refractivity contribution is 6.33. The van der Waals surface area contributed by atoms with E-state index < -0.39 is 0 Å². The van der Waals surface area contributed by atoms with Crippen molar-refractivity contribution in [3.05, 3.63) is 47.0 Å². The first-order valence-corrected chi connectivity index (χ1v) is 10.1. The Morgan fingerprint density at radius 3 is 2.39 bits per heavy atom. The Morgan fingerprint density at radius 2 is 1.64 bits per heavy atom. The third-order valence-electron chi connectivity index (χ3n) is 5.30. The second-order valence-corrected chi connectivity index (χ2v) is 7.58. The van der Waals surface area contributed by atoms with Crippen LogP contribution < -0.4 is 9.80 Å². The minimum Gasteiger partial charge on any atom is -0.370 e. The van der Waals surface area contributed by atoms with E-state index in [0.717, 1.165) is 44.6 Å². The maximum atomic E-state index is 13.2. The van der Waals surface area contributed by atoms with Crippen molar-refractivity contribution in [1.29, 1.82) is 0 Å².